The highest BCUT2D eigenvalue weighted by Gasteiger charge is 2.13. The molecule has 0 amide bonds. The lowest BCUT2D eigenvalue weighted by molar-refractivity contribution is 0.235. The molecule has 1 aromatic carbocycles. The summed E-state index contributed by atoms with van der Waals surface area (Å²) >= 11 is 0. The molecule has 3 nitrogen and oxygen atoms in total. The lowest BCUT2D eigenvalue weighted by Gasteiger charge is -2.07. The molecule has 74 valence electrons. The third kappa shape index (κ3) is 2.25. The number of nitrogens with one attached hydrogen (secondary N) is 1. The van der Waals surface area contributed by atoms with Crippen LogP contribution in [0.5, 0.6) is 0 Å². The molecule has 0 saturated heterocycles. The topological polar surface area (TPSA) is 33.6 Å². The molecule has 1 N–H and O–H groups in total. The number of benzene rings is 1. The summed E-state index contributed by atoms with van der Waals surface area (Å²) in [5.74, 6) is 0. The zero-order valence-electron chi connectivity index (χ0n) is 8.23. The molecule has 0 fully saturated rings. The van der Waals surface area contributed by atoms with Crippen molar-refractivity contribution in [3.63, 3.8) is 0 Å². The number of amidine groups is 1. The van der Waals surface area contributed by atoms with E-state index >= 15 is 0 Å². The van der Waals surface area contributed by atoms with E-state index < -0.39 is 0 Å². The van der Waals surface area contributed by atoms with Gasteiger partial charge >= 0.3 is 0 Å². The molecule has 2 rings (SSSR count). The second kappa shape index (κ2) is 4.13. The minimum atomic E-state index is 0.216. The molecule has 3 heteroatoms. The van der Waals surface area contributed by atoms with Crippen LogP contribution in [0.2, 0.25) is 0 Å². The standard InChI is InChI=1S/C11H14N2O/c1-9-7-12-11(14-9)13-8-10-5-3-2-4-6-10/h2-6,9H,7-8H2,1H3,(H,12,13). The van der Waals surface area contributed by atoms with Crippen LogP contribution < -0.4 is 5.32 Å². The van der Waals surface area contributed by atoms with Gasteiger partial charge in [0.25, 0.3) is 6.02 Å². The Morgan fingerprint density at radius 3 is 2.86 bits per heavy atom. The number of ether oxygens (including phenoxy) is 1. The molecule has 1 unspecified atom stereocenters. The van der Waals surface area contributed by atoms with Gasteiger partial charge in [0.05, 0.1) is 6.54 Å². The van der Waals surface area contributed by atoms with Gasteiger partial charge in [0.2, 0.25) is 0 Å². The van der Waals surface area contributed by atoms with Gasteiger partial charge in [-0.3, -0.25) is 0 Å². The van der Waals surface area contributed by atoms with Crippen molar-refractivity contribution in [1.29, 1.82) is 0 Å². The van der Waals surface area contributed by atoms with Crippen LogP contribution in [0, 0.1) is 0 Å². The molecule has 0 aliphatic carbocycles. The largest absolute Gasteiger partial charge is 0.460 e. The number of hydrogen-bond acceptors (Lipinski definition) is 3. The van der Waals surface area contributed by atoms with Crippen molar-refractivity contribution in [2.45, 2.75) is 19.6 Å². The smallest absolute Gasteiger partial charge is 0.285 e. The lowest BCUT2D eigenvalue weighted by atomic mass is 10.2. The second-order valence-electron chi connectivity index (χ2n) is 3.41. The molecule has 0 spiro atoms. The van der Waals surface area contributed by atoms with E-state index in [0.29, 0.717) is 6.02 Å². The van der Waals surface area contributed by atoms with Crippen molar-refractivity contribution in [3.8, 4) is 0 Å². The number of rotatable bonds is 2. The quantitative estimate of drug-likeness (QED) is 0.767. The van der Waals surface area contributed by atoms with Gasteiger partial charge < -0.3 is 10.1 Å². The lowest BCUT2D eigenvalue weighted by Crippen LogP contribution is -2.24. The second-order valence-corrected chi connectivity index (χ2v) is 3.41. The van der Waals surface area contributed by atoms with Gasteiger partial charge in [-0.1, -0.05) is 30.3 Å². The van der Waals surface area contributed by atoms with E-state index in [1.165, 1.54) is 5.56 Å². The van der Waals surface area contributed by atoms with Crippen molar-refractivity contribution in [3.05, 3.63) is 35.9 Å². The van der Waals surface area contributed by atoms with Gasteiger partial charge in [0.1, 0.15) is 6.10 Å². The van der Waals surface area contributed by atoms with Crippen molar-refractivity contribution >= 4 is 6.02 Å². The van der Waals surface area contributed by atoms with E-state index in [1.54, 1.807) is 0 Å². The highest BCUT2D eigenvalue weighted by molar-refractivity contribution is 5.75. The Kier molecular flexibility index (Phi) is 2.68. The minimum absolute atomic E-state index is 0.216. The maximum Gasteiger partial charge on any atom is 0.285 e. The summed E-state index contributed by atoms with van der Waals surface area (Å²) in [6.07, 6.45) is 0.216. The van der Waals surface area contributed by atoms with Crippen LogP contribution in [0.15, 0.2) is 35.3 Å². The fourth-order valence-electron chi connectivity index (χ4n) is 1.35. The Morgan fingerprint density at radius 2 is 2.21 bits per heavy atom. The SMILES string of the molecule is CC1CN=C(NCc2ccccc2)O1. The normalized spacial score (nSPS) is 20.1. The molecule has 0 bridgehead atoms. The van der Waals surface area contributed by atoms with Gasteiger partial charge in [-0.2, -0.15) is 0 Å². The minimum Gasteiger partial charge on any atom is -0.460 e. The van der Waals surface area contributed by atoms with Crippen LogP contribution in [-0.2, 0) is 11.3 Å². The fourth-order valence-corrected chi connectivity index (χ4v) is 1.35. The van der Waals surface area contributed by atoms with E-state index in [0.717, 1.165) is 13.1 Å². The molecule has 0 aromatic heterocycles. The molecule has 1 atom stereocenters. The number of nitrogens with zero attached hydrogens (tertiary/aromatic N) is 1. The van der Waals surface area contributed by atoms with Gasteiger partial charge in [0.15, 0.2) is 0 Å². The van der Waals surface area contributed by atoms with E-state index in [2.05, 4.69) is 22.4 Å². The van der Waals surface area contributed by atoms with Crippen LogP contribution >= 0.6 is 0 Å². The van der Waals surface area contributed by atoms with Crippen molar-refractivity contribution in [1.82, 2.24) is 5.32 Å². The third-order valence-electron chi connectivity index (χ3n) is 2.09. The summed E-state index contributed by atoms with van der Waals surface area (Å²) in [6, 6.07) is 10.9. The van der Waals surface area contributed by atoms with E-state index in [1.807, 2.05) is 25.1 Å². The van der Waals surface area contributed by atoms with Crippen LogP contribution in [0.25, 0.3) is 0 Å². The molecule has 14 heavy (non-hydrogen) atoms. The third-order valence-corrected chi connectivity index (χ3v) is 2.09. The molecule has 1 aromatic rings. The van der Waals surface area contributed by atoms with Gasteiger partial charge in [-0.15, -0.1) is 0 Å². The zero-order valence-corrected chi connectivity index (χ0v) is 8.23. The summed E-state index contributed by atoms with van der Waals surface area (Å²) in [4.78, 5) is 4.22. The fraction of sp³-hybridized carbons (Fsp3) is 0.364. The first-order valence-electron chi connectivity index (χ1n) is 4.83. The first-order valence-corrected chi connectivity index (χ1v) is 4.83. The Balaban J connectivity index is 1.84. The molecule has 0 radical (unpaired) electrons. The van der Waals surface area contributed by atoms with Crippen LogP contribution in [0.4, 0.5) is 0 Å². The van der Waals surface area contributed by atoms with Crippen LogP contribution in [0.3, 0.4) is 0 Å². The first kappa shape index (κ1) is 9.06. The summed E-state index contributed by atoms with van der Waals surface area (Å²) < 4.78 is 5.42. The average Bonchev–Trinajstić information content (AvgIpc) is 2.63. The predicted molar refractivity (Wildman–Crippen MR) is 56.1 cm³/mol. The summed E-state index contributed by atoms with van der Waals surface area (Å²) in [5, 5.41) is 3.16. The molecule has 0 saturated carbocycles. The Hall–Kier alpha value is -1.51. The molecule has 1 aliphatic heterocycles. The van der Waals surface area contributed by atoms with Crippen molar-refractivity contribution in [2.24, 2.45) is 4.99 Å². The number of aliphatic imine (C=N–C) groups is 1. The molecule has 1 aliphatic rings. The predicted octanol–water partition coefficient (Wildman–Crippen LogP) is 1.55. The van der Waals surface area contributed by atoms with E-state index in [4.69, 9.17) is 4.74 Å². The van der Waals surface area contributed by atoms with Crippen LogP contribution in [-0.4, -0.2) is 18.7 Å². The zero-order chi connectivity index (χ0) is 9.80. The summed E-state index contributed by atoms with van der Waals surface area (Å²) in [6.45, 7) is 3.55. The van der Waals surface area contributed by atoms with Crippen molar-refractivity contribution < 1.29 is 4.74 Å². The Morgan fingerprint density at radius 1 is 1.43 bits per heavy atom. The Bertz CT molecular complexity index is 321. The van der Waals surface area contributed by atoms with Crippen molar-refractivity contribution in [2.75, 3.05) is 6.54 Å². The Labute approximate surface area is 83.8 Å². The average molecular weight is 190 g/mol. The molecular formula is C11H14N2O. The van der Waals surface area contributed by atoms with Gasteiger partial charge in [-0.05, 0) is 12.5 Å². The first-order chi connectivity index (χ1) is 6.84. The van der Waals surface area contributed by atoms with E-state index in [-0.39, 0.29) is 6.10 Å². The summed E-state index contributed by atoms with van der Waals surface area (Å²) in [5.41, 5.74) is 1.23. The maximum atomic E-state index is 5.42. The van der Waals surface area contributed by atoms with E-state index in [9.17, 15) is 0 Å². The van der Waals surface area contributed by atoms with Crippen LogP contribution in [0.1, 0.15) is 12.5 Å². The van der Waals surface area contributed by atoms with Gasteiger partial charge in [0, 0.05) is 6.54 Å². The number of hydrogen-bond donors (Lipinski definition) is 1. The highest BCUT2D eigenvalue weighted by Crippen LogP contribution is 2.03. The molecular weight excluding hydrogens is 176 g/mol. The van der Waals surface area contributed by atoms with Gasteiger partial charge in [-0.25, -0.2) is 4.99 Å². The monoisotopic (exact) mass is 190 g/mol. The summed E-state index contributed by atoms with van der Waals surface area (Å²) in [7, 11) is 0. The molecule has 1 heterocycles. The maximum absolute atomic E-state index is 5.42. The highest BCUT2D eigenvalue weighted by atomic mass is 16.5.